The van der Waals surface area contributed by atoms with Gasteiger partial charge in [-0.1, -0.05) is 134 Å². The van der Waals surface area contributed by atoms with Gasteiger partial charge >= 0.3 is 0 Å². The lowest BCUT2D eigenvalue weighted by molar-refractivity contribution is 0.352. The summed E-state index contributed by atoms with van der Waals surface area (Å²) in [6, 6.07) is 62.0. The van der Waals surface area contributed by atoms with Crippen LogP contribution in [0.2, 0.25) is 0 Å². The average Bonchev–Trinajstić information content (AvgIpc) is 3.78. The van der Waals surface area contributed by atoms with Crippen LogP contribution < -0.4 is 15.3 Å². The third kappa shape index (κ3) is 3.59. The molecule has 2 atom stereocenters. The lowest BCUT2D eigenvalue weighted by Gasteiger charge is -2.45. The summed E-state index contributed by atoms with van der Waals surface area (Å²) in [7, 11) is 0. The molecule has 0 radical (unpaired) electrons. The Kier molecular flexibility index (Phi) is 5.63. The Morgan fingerprint density at radius 3 is 1.72 bits per heavy atom. The second-order valence-electron chi connectivity index (χ2n) is 15.1. The first kappa shape index (κ1) is 29.0. The summed E-state index contributed by atoms with van der Waals surface area (Å²) in [5, 5.41) is 6.33. The highest BCUT2D eigenvalue weighted by molar-refractivity contribution is 6.13. The predicted octanol–water partition coefficient (Wildman–Crippen LogP) is 10.3. The maximum atomic E-state index is 6.69. The molecule has 0 bridgehead atoms. The number of nitrogens with zero attached hydrogens (tertiary/aromatic N) is 2. The van der Waals surface area contributed by atoms with E-state index in [0.29, 0.717) is 0 Å². The van der Waals surface area contributed by atoms with Crippen LogP contribution in [0.25, 0.3) is 56.2 Å². The van der Waals surface area contributed by atoms with E-state index in [2.05, 4.69) is 198 Å². The number of rotatable bonds is 2. The van der Waals surface area contributed by atoms with Crippen LogP contribution in [0.15, 0.2) is 170 Å². The summed E-state index contributed by atoms with van der Waals surface area (Å²) in [4.78, 5) is 0. The van der Waals surface area contributed by atoms with Crippen molar-refractivity contribution in [2.24, 2.45) is 5.92 Å². The van der Waals surface area contributed by atoms with E-state index in [4.69, 9.17) is 4.74 Å². The van der Waals surface area contributed by atoms with Crippen molar-refractivity contribution in [1.29, 1.82) is 0 Å². The molecule has 7 aromatic carbocycles. The summed E-state index contributed by atoms with van der Waals surface area (Å²) < 4.78 is 11.6. The number of fused-ring (bicyclic) bond motifs is 15. The highest BCUT2D eigenvalue weighted by atomic mass is 16.5. The van der Waals surface area contributed by atoms with Gasteiger partial charge in [0.2, 0.25) is 0 Å². The van der Waals surface area contributed by atoms with E-state index in [0.717, 1.165) is 22.9 Å². The summed E-state index contributed by atoms with van der Waals surface area (Å²) in [5.74, 6) is 1.94. The van der Waals surface area contributed by atoms with Crippen LogP contribution in [0.5, 0.6) is 11.5 Å². The normalized spacial score (nSPS) is 18.8. The van der Waals surface area contributed by atoms with Crippen LogP contribution >= 0.6 is 0 Å². The number of aromatic nitrogens is 2. The van der Waals surface area contributed by atoms with Gasteiger partial charge in [0, 0.05) is 55.2 Å². The number of para-hydroxylation sites is 5. The van der Waals surface area contributed by atoms with Gasteiger partial charge in [-0.2, -0.15) is 0 Å². The van der Waals surface area contributed by atoms with Crippen molar-refractivity contribution < 1.29 is 4.74 Å². The minimum atomic E-state index is -0.451. The Morgan fingerprint density at radius 1 is 0.472 bits per heavy atom. The molecule has 0 saturated carbocycles. The van der Waals surface area contributed by atoms with E-state index in [9.17, 15) is 0 Å². The fourth-order valence-corrected chi connectivity index (χ4v) is 10.5. The van der Waals surface area contributed by atoms with E-state index in [1.165, 1.54) is 65.5 Å². The highest BCUT2D eigenvalue weighted by Crippen LogP contribution is 2.66. The largest absolute Gasteiger partial charge is 0.457 e. The van der Waals surface area contributed by atoms with Gasteiger partial charge in [-0.25, -0.2) is 0 Å². The summed E-state index contributed by atoms with van der Waals surface area (Å²) in [6.45, 7) is 2.47. The van der Waals surface area contributed by atoms with Crippen LogP contribution in [0, 0.1) is 5.92 Å². The van der Waals surface area contributed by atoms with E-state index >= 15 is 0 Å². The maximum absolute atomic E-state index is 6.69. The Balaban J connectivity index is 1.26. The third-order valence-electron chi connectivity index (χ3n) is 12.5. The van der Waals surface area contributed by atoms with E-state index in [1.807, 2.05) is 0 Å². The van der Waals surface area contributed by atoms with Crippen LogP contribution in [-0.4, -0.2) is 9.13 Å². The van der Waals surface area contributed by atoms with Crippen LogP contribution in [0.4, 0.5) is 0 Å². The van der Waals surface area contributed by atoms with Crippen molar-refractivity contribution in [2.45, 2.75) is 17.8 Å². The first-order chi connectivity index (χ1) is 26.2. The Labute approximate surface area is 307 Å². The van der Waals surface area contributed by atoms with Crippen molar-refractivity contribution in [3.05, 3.63) is 203 Å². The minimum Gasteiger partial charge on any atom is -0.457 e. The zero-order valence-corrected chi connectivity index (χ0v) is 29.2. The summed E-state index contributed by atoms with van der Waals surface area (Å²) >= 11 is 0. The topological polar surface area (TPSA) is 19.1 Å². The monoisotopic (exact) mass is 678 g/mol. The second-order valence-corrected chi connectivity index (χ2v) is 15.1. The predicted molar refractivity (Wildman–Crippen MR) is 216 cm³/mol. The van der Waals surface area contributed by atoms with Crippen molar-refractivity contribution in [3.63, 3.8) is 0 Å². The van der Waals surface area contributed by atoms with E-state index in [1.54, 1.807) is 0 Å². The standard InChI is InChI=1S/C50H34N2O/c1-49-31-37-36-28-35-34-20-8-13-25-42(34)51(32-16-4-2-5-17-32)43(35)29-44(36)52(33-18-6-3-7-19-33)45(37)30-48(49)50(39-22-10-9-21-38(39)49)40-23-11-14-26-46(40)53-47-27-15-12-24-41(47)50/h2-31,48H,1H3. The number of hydrogen-bond donors (Lipinski definition) is 0. The Morgan fingerprint density at radius 2 is 1.02 bits per heavy atom. The fourth-order valence-electron chi connectivity index (χ4n) is 10.5. The molecule has 2 aliphatic carbocycles. The maximum Gasteiger partial charge on any atom is 0.131 e. The minimum absolute atomic E-state index is 0.0752. The van der Waals surface area contributed by atoms with Gasteiger partial charge in [0.15, 0.2) is 0 Å². The van der Waals surface area contributed by atoms with Crippen LogP contribution in [0.1, 0.15) is 29.2 Å². The van der Waals surface area contributed by atoms with E-state index in [-0.39, 0.29) is 11.3 Å². The molecule has 1 spiro atoms. The van der Waals surface area contributed by atoms with Gasteiger partial charge in [-0.15, -0.1) is 0 Å². The van der Waals surface area contributed by atoms with Crippen LogP contribution in [0.3, 0.4) is 0 Å². The molecule has 0 saturated heterocycles. The molecule has 53 heavy (non-hydrogen) atoms. The van der Waals surface area contributed by atoms with Gasteiger partial charge in [-0.05, 0) is 65.7 Å². The molecule has 3 nitrogen and oxygen atoms in total. The first-order valence-corrected chi connectivity index (χ1v) is 18.6. The Hall–Kier alpha value is -6.58. The molecule has 3 heteroatoms. The molecule has 3 heterocycles. The van der Waals surface area contributed by atoms with Gasteiger partial charge in [0.05, 0.1) is 27.3 Å². The number of benzene rings is 7. The number of ether oxygens (including phenoxy) is 1. The molecular formula is C50H34N2O. The molecule has 1 aliphatic heterocycles. The molecule has 9 aromatic rings. The Bertz CT molecular complexity index is 3070. The van der Waals surface area contributed by atoms with Crippen molar-refractivity contribution in [1.82, 2.24) is 9.13 Å². The highest BCUT2D eigenvalue weighted by Gasteiger charge is 2.61. The van der Waals surface area contributed by atoms with Crippen molar-refractivity contribution in [2.75, 3.05) is 0 Å². The number of hydrogen-bond acceptors (Lipinski definition) is 1. The zero-order chi connectivity index (χ0) is 34.9. The van der Waals surface area contributed by atoms with Crippen molar-refractivity contribution >= 4 is 44.9 Å². The van der Waals surface area contributed by atoms with Gasteiger partial charge < -0.3 is 13.9 Å². The smallest absolute Gasteiger partial charge is 0.131 e. The molecule has 2 unspecified atom stereocenters. The van der Waals surface area contributed by atoms with Crippen LogP contribution in [-0.2, 0) is 10.8 Å². The first-order valence-electron chi connectivity index (χ1n) is 18.6. The second kappa shape index (κ2) is 10.3. The lowest BCUT2D eigenvalue weighted by Crippen LogP contribution is -2.47. The molecular weight excluding hydrogens is 645 g/mol. The molecule has 0 N–H and O–H groups in total. The molecule has 12 rings (SSSR count). The summed E-state index contributed by atoms with van der Waals surface area (Å²) in [5.41, 5.74) is 10.4. The molecule has 3 aliphatic rings. The van der Waals surface area contributed by atoms with Gasteiger partial charge in [-0.3, -0.25) is 0 Å². The third-order valence-corrected chi connectivity index (χ3v) is 12.5. The average molecular weight is 679 g/mol. The molecule has 0 amide bonds. The molecule has 250 valence electrons. The van der Waals surface area contributed by atoms with Gasteiger partial charge in [0.1, 0.15) is 11.5 Å². The quantitative estimate of drug-likeness (QED) is 0.178. The SMILES string of the molecule is CC12C=c3c(n(-c4ccccc4)c4cc5c(cc34)c3ccccc3n5-c3ccccc3)=CC1C1(c3ccccc3Oc3ccccc31)c1ccccc12. The zero-order valence-electron chi connectivity index (χ0n) is 29.2. The van der Waals surface area contributed by atoms with Gasteiger partial charge in [0.25, 0.3) is 0 Å². The fraction of sp³-hybridized carbons (Fsp3) is 0.0800. The van der Waals surface area contributed by atoms with E-state index < -0.39 is 5.41 Å². The lowest BCUT2D eigenvalue weighted by atomic mass is 9.59. The van der Waals surface area contributed by atoms with Crippen molar-refractivity contribution in [3.8, 4) is 22.9 Å². The molecule has 0 fully saturated rings. The summed E-state index contributed by atoms with van der Waals surface area (Å²) in [6.07, 6.45) is 5.24. The molecule has 2 aromatic heterocycles.